The molecule has 9 heteroatoms. The average molecular weight is 416 g/mol. The van der Waals surface area contributed by atoms with Crippen molar-refractivity contribution in [2.45, 2.75) is 12.7 Å². The fourth-order valence-corrected chi connectivity index (χ4v) is 2.46. The van der Waals surface area contributed by atoms with Gasteiger partial charge in [-0.2, -0.15) is 13.2 Å². The lowest BCUT2D eigenvalue weighted by atomic mass is 10.1. The lowest BCUT2D eigenvalue weighted by Crippen LogP contribution is -2.36. The van der Waals surface area contributed by atoms with Gasteiger partial charge in [-0.05, 0) is 60.2 Å². The lowest BCUT2D eigenvalue weighted by molar-refractivity contribution is -0.137. The molecule has 0 aliphatic heterocycles. The molecule has 0 unspecified atom stereocenters. The topological polar surface area (TPSA) is 66.4 Å². The van der Waals surface area contributed by atoms with Crippen LogP contribution in [0.5, 0.6) is 0 Å². The first-order chi connectivity index (χ1) is 14.3. The summed E-state index contributed by atoms with van der Waals surface area (Å²) in [4.78, 5) is 20.7. The number of halogens is 4. The van der Waals surface area contributed by atoms with Gasteiger partial charge in [-0.15, -0.1) is 0 Å². The van der Waals surface area contributed by atoms with Gasteiger partial charge in [0.2, 0.25) is 5.96 Å². The van der Waals surface area contributed by atoms with Crippen LogP contribution in [0.25, 0.3) is 0 Å². The van der Waals surface area contributed by atoms with E-state index in [4.69, 9.17) is 0 Å². The fourth-order valence-electron chi connectivity index (χ4n) is 2.46. The molecule has 154 valence electrons. The van der Waals surface area contributed by atoms with Gasteiger partial charge in [-0.1, -0.05) is 6.07 Å². The molecule has 0 fully saturated rings. The number of guanidine groups is 1. The standard InChI is InChI=1S/C21H16F4N4O/c22-17-2-1-3-18(12-17)28-20(27-13-14-8-10-26-11-9-14)29-19(30)15-4-6-16(7-5-15)21(23,24)25/h1-12H,13H2,(H2,27,28,29,30). The van der Waals surface area contributed by atoms with Crippen molar-refractivity contribution in [3.63, 3.8) is 0 Å². The van der Waals surface area contributed by atoms with Crippen molar-refractivity contribution < 1.29 is 22.4 Å². The van der Waals surface area contributed by atoms with Gasteiger partial charge in [0.05, 0.1) is 12.1 Å². The highest BCUT2D eigenvalue weighted by Gasteiger charge is 2.30. The van der Waals surface area contributed by atoms with Gasteiger partial charge in [0.15, 0.2) is 0 Å². The maximum atomic E-state index is 13.5. The highest BCUT2D eigenvalue weighted by molar-refractivity contribution is 6.09. The molecule has 3 rings (SSSR count). The number of nitrogens with one attached hydrogen (secondary N) is 2. The highest BCUT2D eigenvalue weighted by Crippen LogP contribution is 2.29. The Morgan fingerprint density at radius 2 is 1.70 bits per heavy atom. The Labute approximate surface area is 169 Å². The number of pyridine rings is 1. The minimum absolute atomic E-state index is 0.0145. The molecule has 0 bridgehead atoms. The van der Waals surface area contributed by atoms with E-state index >= 15 is 0 Å². The molecule has 0 aliphatic carbocycles. The third kappa shape index (κ3) is 5.87. The Bertz CT molecular complexity index is 1030. The number of aromatic nitrogens is 1. The van der Waals surface area contributed by atoms with Crippen LogP contribution in [0.4, 0.5) is 23.2 Å². The number of aliphatic imine (C=N–C) groups is 1. The SMILES string of the molecule is O=C(NC(=NCc1ccncc1)Nc1cccc(F)c1)c1ccc(C(F)(F)F)cc1. The first-order valence-electron chi connectivity index (χ1n) is 8.76. The maximum Gasteiger partial charge on any atom is 0.416 e. The zero-order chi connectivity index (χ0) is 21.6. The number of rotatable bonds is 4. The third-order valence-electron chi connectivity index (χ3n) is 3.96. The summed E-state index contributed by atoms with van der Waals surface area (Å²) in [6, 6.07) is 12.8. The average Bonchev–Trinajstić information content (AvgIpc) is 2.72. The van der Waals surface area contributed by atoms with Crippen molar-refractivity contribution in [1.82, 2.24) is 10.3 Å². The van der Waals surface area contributed by atoms with E-state index in [-0.39, 0.29) is 18.1 Å². The minimum atomic E-state index is -4.49. The summed E-state index contributed by atoms with van der Waals surface area (Å²) in [6.07, 6.45) is -1.32. The first-order valence-corrected chi connectivity index (χ1v) is 8.76. The number of nitrogens with zero attached hydrogens (tertiary/aromatic N) is 2. The van der Waals surface area contributed by atoms with Crippen LogP contribution in [0.2, 0.25) is 0 Å². The molecule has 1 amide bonds. The predicted octanol–water partition coefficient (Wildman–Crippen LogP) is 4.64. The first kappa shape index (κ1) is 21.0. The van der Waals surface area contributed by atoms with Crippen molar-refractivity contribution in [3.8, 4) is 0 Å². The molecule has 5 nitrogen and oxygen atoms in total. The molecular weight excluding hydrogens is 400 g/mol. The van der Waals surface area contributed by atoms with E-state index in [0.29, 0.717) is 5.69 Å². The largest absolute Gasteiger partial charge is 0.416 e. The van der Waals surface area contributed by atoms with Gasteiger partial charge in [-0.3, -0.25) is 15.1 Å². The van der Waals surface area contributed by atoms with Crippen LogP contribution in [-0.2, 0) is 12.7 Å². The van der Waals surface area contributed by atoms with E-state index in [9.17, 15) is 22.4 Å². The summed E-state index contributed by atoms with van der Waals surface area (Å²) in [5.74, 6) is -1.13. The van der Waals surface area contributed by atoms with Crippen LogP contribution in [0, 0.1) is 5.82 Å². The summed E-state index contributed by atoms with van der Waals surface area (Å²) in [5, 5.41) is 5.32. The van der Waals surface area contributed by atoms with Crippen LogP contribution >= 0.6 is 0 Å². The third-order valence-corrected chi connectivity index (χ3v) is 3.96. The monoisotopic (exact) mass is 416 g/mol. The van der Waals surface area contributed by atoms with Crippen molar-refractivity contribution in [2.75, 3.05) is 5.32 Å². The molecule has 0 spiro atoms. The number of alkyl halides is 3. The Kier molecular flexibility index (Phi) is 6.41. The summed E-state index contributed by atoms with van der Waals surface area (Å²) in [6.45, 7) is 0.188. The Hall–Kier alpha value is -3.75. The van der Waals surface area contributed by atoms with Crippen molar-refractivity contribution in [1.29, 1.82) is 0 Å². The molecule has 0 radical (unpaired) electrons. The molecule has 3 aromatic rings. The summed E-state index contributed by atoms with van der Waals surface area (Å²) < 4.78 is 51.6. The Morgan fingerprint density at radius 1 is 1.00 bits per heavy atom. The molecule has 0 saturated carbocycles. The van der Waals surface area contributed by atoms with Crippen LogP contribution in [0.15, 0.2) is 78.0 Å². The number of anilines is 1. The second kappa shape index (κ2) is 9.17. The molecule has 1 heterocycles. The van der Waals surface area contributed by atoms with E-state index in [0.717, 1.165) is 29.8 Å². The summed E-state index contributed by atoms with van der Waals surface area (Å²) in [7, 11) is 0. The van der Waals surface area contributed by atoms with Gasteiger partial charge in [0.1, 0.15) is 5.82 Å². The molecule has 2 aromatic carbocycles. The quantitative estimate of drug-likeness (QED) is 0.370. The Balaban J connectivity index is 1.79. The van der Waals surface area contributed by atoms with Gasteiger partial charge in [0, 0.05) is 23.6 Å². The van der Waals surface area contributed by atoms with Crippen molar-refractivity contribution >= 4 is 17.6 Å². The van der Waals surface area contributed by atoms with E-state index < -0.39 is 23.5 Å². The number of amides is 1. The molecular formula is C21H16F4N4O. The van der Waals surface area contributed by atoms with E-state index in [1.54, 1.807) is 30.6 Å². The maximum absolute atomic E-state index is 13.5. The molecule has 0 saturated heterocycles. The van der Waals surface area contributed by atoms with Crippen molar-refractivity contribution in [2.24, 2.45) is 4.99 Å². The van der Waals surface area contributed by atoms with Gasteiger partial charge in [-0.25, -0.2) is 9.38 Å². The van der Waals surface area contributed by atoms with Crippen LogP contribution in [0.1, 0.15) is 21.5 Å². The molecule has 30 heavy (non-hydrogen) atoms. The van der Waals surface area contributed by atoms with Crippen LogP contribution in [0.3, 0.4) is 0 Å². The van der Waals surface area contributed by atoms with Gasteiger partial charge < -0.3 is 5.32 Å². The second-order valence-corrected chi connectivity index (χ2v) is 6.18. The summed E-state index contributed by atoms with van der Waals surface area (Å²) >= 11 is 0. The highest BCUT2D eigenvalue weighted by atomic mass is 19.4. The molecule has 0 aliphatic rings. The smallest absolute Gasteiger partial charge is 0.326 e. The van der Waals surface area contributed by atoms with E-state index in [1.807, 2.05) is 0 Å². The second-order valence-electron chi connectivity index (χ2n) is 6.18. The predicted molar refractivity (Wildman–Crippen MR) is 104 cm³/mol. The van der Waals surface area contributed by atoms with E-state index in [1.165, 1.54) is 18.2 Å². The van der Waals surface area contributed by atoms with Crippen LogP contribution in [-0.4, -0.2) is 16.9 Å². The molecule has 0 atom stereocenters. The zero-order valence-electron chi connectivity index (χ0n) is 15.4. The summed E-state index contributed by atoms with van der Waals surface area (Å²) in [5.41, 5.74) is 0.313. The van der Waals surface area contributed by atoms with Crippen molar-refractivity contribution in [3.05, 3.63) is 95.6 Å². The minimum Gasteiger partial charge on any atom is -0.326 e. The number of carbonyl (C=O) groups excluding carboxylic acids is 1. The Morgan fingerprint density at radius 3 is 2.33 bits per heavy atom. The number of carbonyl (C=O) groups is 1. The van der Waals surface area contributed by atoms with Gasteiger partial charge in [0.25, 0.3) is 5.91 Å². The number of hydrogen-bond donors (Lipinski definition) is 2. The molecule has 1 aromatic heterocycles. The van der Waals surface area contributed by atoms with Crippen LogP contribution < -0.4 is 10.6 Å². The number of benzene rings is 2. The fraction of sp³-hybridized carbons (Fsp3) is 0.0952. The zero-order valence-corrected chi connectivity index (χ0v) is 15.4. The lowest BCUT2D eigenvalue weighted by Gasteiger charge is -2.13. The van der Waals surface area contributed by atoms with Gasteiger partial charge >= 0.3 is 6.18 Å². The molecule has 2 N–H and O–H groups in total. The normalized spacial score (nSPS) is 11.8. The van der Waals surface area contributed by atoms with E-state index in [2.05, 4.69) is 20.6 Å². The number of hydrogen-bond acceptors (Lipinski definition) is 3.